The molecule has 0 bridgehead atoms. The summed E-state index contributed by atoms with van der Waals surface area (Å²) in [5.41, 5.74) is 3.02. The highest BCUT2D eigenvalue weighted by atomic mass is 15.0. The average Bonchev–Trinajstić information content (AvgIpc) is 2.29. The van der Waals surface area contributed by atoms with E-state index in [4.69, 9.17) is 5.26 Å². The SMILES string of the molecule is CCC(C)(CC)Nc1ccc(C#N)c(C)c1. The molecule has 0 radical (unpaired) electrons. The second-order valence-corrected chi connectivity index (χ2v) is 4.53. The van der Waals surface area contributed by atoms with Crippen LogP contribution in [0, 0.1) is 18.3 Å². The molecule has 0 heterocycles. The zero-order valence-corrected chi connectivity index (χ0v) is 10.6. The molecule has 86 valence electrons. The fourth-order valence-electron chi connectivity index (χ4n) is 1.64. The summed E-state index contributed by atoms with van der Waals surface area (Å²) in [5.74, 6) is 0. The molecule has 0 aromatic heterocycles. The van der Waals surface area contributed by atoms with E-state index in [-0.39, 0.29) is 5.54 Å². The Labute approximate surface area is 98.3 Å². The van der Waals surface area contributed by atoms with Gasteiger partial charge < -0.3 is 5.32 Å². The van der Waals surface area contributed by atoms with Gasteiger partial charge >= 0.3 is 0 Å². The highest BCUT2D eigenvalue weighted by Gasteiger charge is 2.18. The van der Waals surface area contributed by atoms with Gasteiger partial charge in [0.05, 0.1) is 11.6 Å². The minimum Gasteiger partial charge on any atom is -0.380 e. The summed E-state index contributed by atoms with van der Waals surface area (Å²) in [6, 6.07) is 8.09. The molecule has 0 aliphatic carbocycles. The molecular weight excluding hydrogens is 196 g/mol. The van der Waals surface area contributed by atoms with Gasteiger partial charge in [0.25, 0.3) is 0 Å². The highest BCUT2D eigenvalue weighted by Crippen LogP contribution is 2.23. The molecule has 1 aromatic rings. The lowest BCUT2D eigenvalue weighted by Crippen LogP contribution is -2.32. The van der Waals surface area contributed by atoms with Crippen molar-refractivity contribution in [2.24, 2.45) is 0 Å². The van der Waals surface area contributed by atoms with Crippen LogP contribution in [0.1, 0.15) is 44.7 Å². The first kappa shape index (κ1) is 12.6. The van der Waals surface area contributed by atoms with E-state index >= 15 is 0 Å². The largest absolute Gasteiger partial charge is 0.380 e. The molecule has 1 N–H and O–H groups in total. The first-order chi connectivity index (χ1) is 7.54. The lowest BCUT2D eigenvalue weighted by molar-refractivity contribution is 0.478. The molecule has 0 fully saturated rings. The predicted molar refractivity (Wildman–Crippen MR) is 68.5 cm³/mol. The molecule has 0 aliphatic rings. The van der Waals surface area contributed by atoms with Crippen LogP contribution in [0.25, 0.3) is 0 Å². The third kappa shape index (κ3) is 2.76. The van der Waals surface area contributed by atoms with E-state index in [1.54, 1.807) is 0 Å². The standard InChI is InChI=1S/C14H20N2/c1-5-14(4,6-2)16-13-8-7-12(10-15)11(3)9-13/h7-9,16H,5-6H2,1-4H3. The monoisotopic (exact) mass is 216 g/mol. The van der Waals surface area contributed by atoms with Crippen LogP contribution in [0.5, 0.6) is 0 Å². The Bertz CT molecular complexity index is 398. The number of benzene rings is 1. The quantitative estimate of drug-likeness (QED) is 0.829. The van der Waals surface area contributed by atoms with E-state index in [2.05, 4.69) is 32.2 Å². The topological polar surface area (TPSA) is 35.8 Å². The lowest BCUT2D eigenvalue weighted by Gasteiger charge is -2.29. The second-order valence-electron chi connectivity index (χ2n) is 4.53. The molecular formula is C14H20N2. The fourth-order valence-corrected chi connectivity index (χ4v) is 1.64. The van der Waals surface area contributed by atoms with Crippen molar-refractivity contribution in [2.45, 2.75) is 46.1 Å². The van der Waals surface area contributed by atoms with Gasteiger partial charge in [-0.05, 0) is 50.5 Å². The Balaban J connectivity index is 2.91. The zero-order valence-electron chi connectivity index (χ0n) is 10.6. The van der Waals surface area contributed by atoms with Crippen LogP contribution in [0.15, 0.2) is 18.2 Å². The number of nitrogens with zero attached hydrogens (tertiary/aromatic N) is 1. The van der Waals surface area contributed by atoms with Crippen LogP contribution < -0.4 is 5.32 Å². The number of hydrogen-bond donors (Lipinski definition) is 1. The molecule has 0 amide bonds. The molecule has 1 rings (SSSR count). The summed E-state index contributed by atoms with van der Waals surface area (Å²) >= 11 is 0. The van der Waals surface area contributed by atoms with Crippen molar-refractivity contribution in [3.05, 3.63) is 29.3 Å². The summed E-state index contributed by atoms with van der Waals surface area (Å²) in [7, 11) is 0. The molecule has 2 nitrogen and oxygen atoms in total. The average molecular weight is 216 g/mol. The van der Waals surface area contributed by atoms with Crippen molar-refractivity contribution in [1.82, 2.24) is 0 Å². The molecule has 16 heavy (non-hydrogen) atoms. The molecule has 2 heteroatoms. The maximum Gasteiger partial charge on any atom is 0.0994 e. The second kappa shape index (κ2) is 5.03. The third-order valence-electron chi connectivity index (χ3n) is 3.35. The van der Waals surface area contributed by atoms with Gasteiger partial charge in [0.1, 0.15) is 0 Å². The smallest absolute Gasteiger partial charge is 0.0994 e. The van der Waals surface area contributed by atoms with Gasteiger partial charge in [-0.2, -0.15) is 5.26 Å². The maximum atomic E-state index is 8.86. The number of hydrogen-bond acceptors (Lipinski definition) is 2. The van der Waals surface area contributed by atoms with Crippen LogP contribution in [0.2, 0.25) is 0 Å². The number of nitrogens with one attached hydrogen (secondary N) is 1. The summed E-state index contributed by atoms with van der Waals surface area (Å²) in [4.78, 5) is 0. The first-order valence-corrected chi connectivity index (χ1v) is 5.83. The van der Waals surface area contributed by atoms with Gasteiger partial charge in [-0.3, -0.25) is 0 Å². The van der Waals surface area contributed by atoms with Crippen molar-refractivity contribution >= 4 is 5.69 Å². The van der Waals surface area contributed by atoms with Crippen molar-refractivity contribution in [3.8, 4) is 6.07 Å². The number of rotatable bonds is 4. The van der Waals surface area contributed by atoms with Gasteiger partial charge in [-0.1, -0.05) is 13.8 Å². The molecule has 0 atom stereocenters. The molecule has 0 spiro atoms. The predicted octanol–water partition coefficient (Wildman–Crippen LogP) is 3.86. The Morgan fingerprint density at radius 2 is 1.94 bits per heavy atom. The number of aryl methyl sites for hydroxylation is 1. The van der Waals surface area contributed by atoms with Crippen molar-refractivity contribution in [3.63, 3.8) is 0 Å². The Hall–Kier alpha value is -1.49. The minimum absolute atomic E-state index is 0.139. The van der Waals surface area contributed by atoms with E-state index in [1.807, 2.05) is 25.1 Å². The van der Waals surface area contributed by atoms with Crippen LogP contribution in [0.3, 0.4) is 0 Å². The first-order valence-electron chi connectivity index (χ1n) is 5.83. The van der Waals surface area contributed by atoms with E-state index in [0.717, 1.165) is 29.7 Å². The Morgan fingerprint density at radius 1 is 1.31 bits per heavy atom. The van der Waals surface area contributed by atoms with Crippen molar-refractivity contribution in [1.29, 1.82) is 5.26 Å². The number of nitriles is 1. The molecule has 0 aliphatic heterocycles. The Kier molecular flexibility index (Phi) is 3.95. The van der Waals surface area contributed by atoms with Crippen LogP contribution in [0.4, 0.5) is 5.69 Å². The van der Waals surface area contributed by atoms with E-state index in [9.17, 15) is 0 Å². The van der Waals surface area contributed by atoms with Gasteiger partial charge in [-0.15, -0.1) is 0 Å². The third-order valence-corrected chi connectivity index (χ3v) is 3.35. The normalized spacial score (nSPS) is 10.9. The summed E-state index contributed by atoms with van der Waals surface area (Å²) < 4.78 is 0. The van der Waals surface area contributed by atoms with E-state index < -0.39 is 0 Å². The van der Waals surface area contributed by atoms with Crippen LogP contribution in [-0.2, 0) is 0 Å². The summed E-state index contributed by atoms with van der Waals surface area (Å²) in [6.45, 7) is 8.57. The molecule has 0 saturated carbocycles. The summed E-state index contributed by atoms with van der Waals surface area (Å²) in [6.07, 6.45) is 2.17. The van der Waals surface area contributed by atoms with Crippen LogP contribution >= 0.6 is 0 Å². The van der Waals surface area contributed by atoms with Gasteiger partial charge in [0, 0.05) is 11.2 Å². The van der Waals surface area contributed by atoms with Crippen molar-refractivity contribution in [2.75, 3.05) is 5.32 Å². The van der Waals surface area contributed by atoms with Gasteiger partial charge in [0.15, 0.2) is 0 Å². The van der Waals surface area contributed by atoms with Gasteiger partial charge in [0.2, 0.25) is 0 Å². The highest BCUT2D eigenvalue weighted by molar-refractivity contribution is 5.52. The fraction of sp³-hybridized carbons (Fsp3) is 0.500. The van der Waals surface area contributed by atoms with E-state index in [1.165, 1.54) is 0 Å². The lowest BCUT2D eigenvalue weighted by atomic mass is 9.95. The molecule has 0 unspecified atom stereocenters. The molecule has 1 aromatic carbocycles. The van der Waals surface area contributed by atoms with Crippen molar-refractivity contribution < 1.29 is 0 Å². The van der Waals surface area contributed by atoms with E-state index in [0.29, 0.717) is 0 Å². The summed E-state index contributed by atoms with van der Waals surface area (Å²) in [5, 5.41) is 12.4. The van der Waals surface area contributed by atoms with Gasteiger partial charge in [-0.25, -0.2) is 0 Å². The minimum atomic E-state index is 0.139. The zero-order chi connectivity index (χ0) is 12.2. The molecule has 0 saturated heterocycles. The van der Waals surface area contributed by atoms with Crippen LogP contribution in [-0.4, -0.2) is 5.54 Å². The Morgan fingerprint density at radius 3 is 2.38 bits per heavy atom. The number of anilines is 1. The maximum absolute atomic E-state index is 8.86.